The average molecular weight is 224 g/mol. The van der Waals surface area contributed by atoms with Crippen LogP contribution in [0.25, 0.3) is 11.0 Å². The van der Waals surface area contributed by atoms with Gasteiger partial charge in [0.15, 0.2) is 0 Å². The summed E-state index contributed by atoms with van der Waals surface area (Å²) in [6, 6.07) is 2.78. The van der Waals surface area contributed by atoms with Crippen LogP contribution in [0.5, 0.6) is 0 Å². The lowest BCUT2D eigenvalue weighted by molar-refractivity contribution is -0.384. The van der Waals surface area contributed by atoms with Crippen molar-refractivity contribution in [3.05, 3.63) is 39.2 Å². The van der Waals surface area contributed by atoms with Crippen molar-refractivity contribution in [3.63, 3.8) is 0 Å². The smallest absolute Gasteiger partial charge is 0.258 e. The van der Waals surface area contributed by atoms with Gasteiger partial charge in [-0.3, -0.25) is 15.1 Å². The molecule has 1 aromatic carbocycles. The van der Waals surface area contributed by atoms with Crippen molar-refractivity contribution in [2.45, 2.75) is 6.92 Å². The lowest BCUT2D eigenvalue weighted by Crippen LogP contribution is -1.92. The predicted molar refractivity (Wildman–Crippen MR) is 55.9 cm³/mol. The standard InChI is InChI=1S/C9H6ClN3O2/c1-5-4-11-7-3-9(13(14)15)6(10)2-8(7)12-5/h2-4H,1H3. The normalized spacial score (nSPS) is 10.5. The fraction of sp³-hybridized carbons (Fsp3) is 0.111. The molecule has 5 nitrogen and oxygen atoms in total. The minimum absolute atomic E-state index is 0.0763. The Labute approximate surface area is 89.9 Å². The largest absolute Gasteiger partial charge is 0.290 e. The summed E-state index contributed by atoms with van der Waals surface area (Å²) in [5, 5.41) is 10.7. The Bertz CT molecular complexity index is 556. The molecule has 15 heavy (non-hydrogen) atoms. The molecule has 76 valence electrons. The summed E-state index contributed by atoms with van der Waals surface area (Å²) in [4.78, 5) is 18.3. The van der Waals surface area contributed by atoms with Crippen LogP contribution in [0, 0.1) is 17.0 Å². The lowest BCUT2D eigenvalue weighted by atomic mass is 10.2. The van der Waals surface area contributed by atoms with E-state index in [-0.39, 0.29) is 10.7 Å². The Morgan fingerprint density at radius 1 is 1.40 bits per heavy atom. The molecular formula is C9H6ClN3O2. The molecule has 1 heterocycles. The van der Waals surface area contributed by atoms with Crippen LogP contribution in [-0.4, -0.2) is 14.9 Å². The van der Waals surface area contributed by atoms with Gasteiger partial charge in [-0.2, -0.15) is 0 Å². The molecule has 2 rings (SSSR count). The second-order valence-corrected chi connectivity index (χ2v) is 3.47. The van der Waals surface area contributed by atoms with Crippen LogP contribution in [0.15, 0.2) is 18.3 Å². The van der Waals surface area contributed by atoms with Crippen LogP contribution in [0.3, 0.4) is 0 Å². The molecule has 0 spiro atoms. The highest BCUT2D eigenvalue weighted by Crippen LogP contribution is 2.27. The molecular weight excluding hydrogens is 218 g/mol. The van der Waals surface area contributed by atoms with Gasteiger partial charge in [0, 0.05) is 12.3 Å². The molecule has 0 aliphatic rings. The summed E-state index contributed by atoms with van der Waals surface area (Å²) in [5.41, 5.74) is 1.62. The second-order valence-electron chi connectivity index (χ2n) is 3.06. The van der Waals surface area contributed by atoms with Crippen LogP contribution in [0.4, 0.5) is 5.69 Å². The van der Waals surface area contributed by atoms with Crippen molar-refractivity contribution < 1.29 is 4.92 Å². The topological polar surface area (TPSA) is 68.9 Å². The Kier molecular flexibility index (Phi) is 2.24. The first-order valence-electron chi connectivity index (χ1n) is 4.15. The maximum Gasteiger partial charge on any atom is 0.290 e. The number of nitrogens with zero attached hydrogens (tertiary/aromatic N) is 3. The number of hydrogen-bond donors (Lipinski definition) is 0. The number of aryl methyl sites for hydroxylation is 1. The molecule has 0 unspecified atom stereocenters. The Hall–Kier alpha value is -1.75. The molecule has 0 atom stereocenters. The summed E-state index contributed by atoms with van der Waals surface area (Å²) >= 11 is 5.74. The zero-order valence-corrected chi connectivity index (χ0v) is 8.52. The van der Waals surface area contributed by atoms with E-state index in [2.05, 4.69) is 9.97 Å². The highest BCUT2D eigenvalue weighted by Gasteiger charge is 2.14. The number of benzene rings is 1. The summed E-state index contributed by atoms with van der Waals surface area (Å²) < 4.78 is 0. The SMILES string of the molecule is Cc1cnc2cc([N+](=O)[O-])c(Cl)cc2n1. The average Bonchev–Trinajstić information content (AvgIpc) is 2.15. The molecule has 0 saturated carbocycles. The molecule has 0 fully saturated rings. The fourth-order valence-electron chi connectivity index (χ4n) is 1.25. The Balaban J connectivity index is 2.76. The summed E-state index contributed by atoms with van der Waals surface area (Å²) in [5.74, 6) is 0. The van der Waals surface area contributed by atoms with E-state index in [9.17, 15) is 10.1 Å². The summed E-state index contributed by atoms with van der Waals surface area (Å²) in [6.07, 6.45) is 1.56. The second kappa shape index (κ2) is 3.43. The fourth-order valence-corrected chi connectivity index (χ4v) is 1.48. The van der Waals surface area contributed by atoms with Crippen LogP contribution >= 0.6 is 11.6 Å². The molecule has 6 heteroatoms. The third-order valence-electron chi connectivity index (χ3n) is 1.93. The van der Waals surface area contributed by atoms with Gasteiger partial charge in [0.25, 0.3) is 5.69 Å². The zero-order chi connectivity index (χ0) is 11.0. The van der Waals surface area contributed by atoms with Crippen molar-refractivity contribution >= 4 is 28.3 Å². The van der Waals surface area contributed by atoms with Gasteiger partial charge < -0.3 is 0 Å². The first-order chi connectivity index (χ1) is 7.08. The van der Waals surface area contributed by atoms with E-state index in [4.69, 9.17) is 11.6 Å². The third kappa shape index (κ3) is 1.73. The van der Waals surface area contributed by atoms with E-state index in [0.29, 0.717) is 11.0 Å². The molecule has 0 amide bonds. The monoisotopic (exact) mass is 223 g/mol. The molecule has 0 radical (unpaired) electrons. The van der Waals surface area contributed by atoms with Gasteiger partial charge in [-0.25, -0.2) is 4.98 Å². The molecule has 0 aliphatic heterocycles. The quantitative estimate of drug-likeness (QED) is 0.550. The highest BCUT2D eigenvalue weighted by atomic mass is 35.5. The van der Waals surface area contributed by atoms with Crippen LogP contribution in [0.2, 0.25) is 5.02 Å². The van der Waals surface area contributed by atoms with Crippen molar-refractivity contribution in [2.24, 2.45) is 0 Å². The van der Waals surface area contributed by atoms with Crippen molar-refractivity contribution in [1.82, 2.24) is 9.97 Å². The molecule has 1 aromatic heterocycles. The maximum absolute atomic E-state index is 10.6. The van der Waals surface area contributed by atoms with E-state index in [1.807, 2.05) is 0 Å². The number of rotatable bonds is 1. The van der Waals surface area contributed by atoms with Gasteiger partial charge in [0.2, 0.25) is 0 Å². The van der Waals surface area contributed by atoms with Gasteiger partial charge in [0.05, 0.1) is 21.7 Å². The number of fused-ring (bicyclic) bond motifs is 1. The number of nitro groups is 1. The maximum atomic E-state index is 10.6. The van der Waals surface area contributed by atoms with Gasteiger partial charge in [-0.1, -0.05) is 11.6 Å². The minimum Gasteiger partial charge on any atom is -0.258 e. The number of hydrogen-bond acceptors (Lipinski definition) is 4. The van der Waals surface area contributed by atoms with Crippen LogP contribution in [0.1, 0.15) is 5.69 Å². The Morgan fingerprint density at radius 2 is 2.13 bits per heavy atom. The molecule has 0 N–H and O–H groups in total. The first kappa shape index (κ1) is 9.79. The highest BCUT2D eigenvalue weighted by molar-refractivity contribution is 6.33. The molecule has 2 aromatic rings. The zero-order valence-electron chi connectivity index (χ0n) is 7.77. The van der Waals surface area contributed by atoms with E-state index < -0.39 is 4.92 Å². The predicted octanol–water partition coefficient (Wildman–Crippen LogP) is 2.50. The van der Waals surface area contributed by atoms with Gasteiger partial charge >= 0.3 is 0 Å². The lowest BCUT2D eigenvalue weighted by Gasteiger charge is -1.99. The minimum atomic E-state index is -0.538. The van der Waals surface area contributed by atoms with Gasteiger partial charge in [0.1, 0.15) is 5.02 Å². The number of halogens is 1. The molecule has 0 bridgehead atoms. The summed E-state index contributed by atoms with van der Waals surface area (Å²) in [6.45, 7) is 1.79. The van der Waals surface area contributed by atoms with Gasteiger partial charge in [-0.05, 0) is 13.0 Å². The number of nitro benzene ring substituents is 1. The van der Waals surface area contributed by atoms with E-state index in [1.54, 1.807) is 13.1 Å². The third-order valence-corrected chi connectivity index (χ3v) is 2.23. The van der Waals surface area contributed by atoms with Crippen molar-refractivity contribution in [3.8, 4) is 0 Å². The van der Waals surface area contributed by atoms with E-state index >= 15 is 0 Å². The molecule has 0 saturated heterocycles. The van der Waals surface area contributed by atoms with Crippen molar-refractivity contribution in [1.29, 1.82) is 0 Å². The van der Waals surface area contributed by atoms with Gasteiger partial charge in [-0.15, -0.1) is 0 Å². The first-order valence-corrected chi connectivity index (χ1v) is 4.53. The number of aromatic nitrogens is 2. The van der Waals surface area contributed by atoms with Crippen LogP contribution in [-0.2, 0) is 0 Å². The Morgan fingerprint density at radius 3 is 2.80 bits per heavy atom. The van der Waals surface area contributed by atoms with Crippen LogP contribution < -0.4 is 0 Å². The molecule has 0 aliphatic carbocycles. The van der Waals surface area contributed by atoms with E-state index in [0.717, 1.165) is 5.69 Å². The van der Waals surface area contributed by atoms with Crippen molar-refractivity contribution in [2.75, 3.05) is 0 Å². The summed E-state index contributed by atoms with van der Waals surface area (Å²) in [7, 11) is 0. The van der Waals surface area contributed by atoms with E-state index in [1.165, 1.54) is 12.1 Å².